The molecule has 0 spiro atoms. The molecule has 1 amide bonds. The van der Waals surface area contributed by atoms with E-state index in [0.29, 0.717) is 56.1 Å². The first kappa shape index (κ1) is 34.1. The number of morpholine rings is 1. The summed E-state index contributed by atoms with van der Waals surface area (Å²) in [7, 11) is -2.49. The first-order valence-electron chi connectivity index (χ1n) is 14.0. The Balaban J connectivity index is 1.58. The maximum Gasteiger partial charge on any atom is 0.416 e. The number of halogens is 7. The van der Waals surface area contributed by atoms with E-state index < -0.39 is 63.6 Å². The van der Waals surface area contributed by atoms with Gasteiger partial charge in [-0.15, -0.1) is 0 Å². The Bertz CT molecular complexity index is 1410. The number of carbonyl (C=O) groups is 1. The fraction of sp³-hybridized carbons (Fsp3) is 0.552. The molecule has 0 radical (unpaired) electrons. The average molecular weight is 654 g/mol. The van der Waals surface area contributed by atoms with E-state index in [1.165, 1.54) is 29.6 Å². The van der Waals surface area contributed by atoms with Gasteiger partial charge in [0.25, 0.3) is 0 Å². The SMILES string of the molecule is Cc1cc(F)ccc1[C@@H]1CN(S(=O)(=O)CCN2CCOCC2)CC[C@H]1C(=O)N(C)Cc1cc(C(F)(F)F)cc(C(F)(F)F)c1. The second-order valence-electron chi connectivity index (χ2n) is 11.2. The normalized spacial score (nSPS) is 20.9. The van der Waals surface area contributed by atoms with Crippen LogP contribution in [-0.2, 0) is 38.5 Å². The molecule has 244 valence electrons. The Labute approximate surface area is 251 Å². The molecule has 2 aromatic carbocycles. The Morgan fingerprint density at radius 3 is 2.16 bits per heavy atom. The van der Waals surface area contributed by atoms with E-state index in [1.807, 2.05) is 4.90 Å². The van der Waals surface area contributed by atoms with Gasteiger partial charge in [-0.1, -0.05) is 6.07 Å². The molecule has 0 aliphatic carbocycles. The Hall–Kier alpha value is -2.75. The molecular weight excluding hydrogens is 619 g/mol. The van der Waals surface area contributed by atoms with E-state index in [2.05, 4.69) is 0 Å². The molecule has 0 unspecified atom stereocenters. The van der Waals surface area contributed by atoms with Gasteiger partial charge in [0, 0.05) is 58.2 Å². The summed E-state index contributed by atoms with van der Waals surface area (Å²) in [5.41, 5.74) is -2.32. The van der Waals surface area contributed by atoms with E-state index in [-0.39, 0.29) is 36.9 Å². The number of nitrogens with zero attached hydrogens (tertiary/aromatic N) is 3. The van der Waals surface area contributed by atoms with Crippen LogP contribution in [0.15, 0.2) is 36.4 Å². The zero-order valence-electron chi connectivity index (χ0n) is 24.2. The minimum atomic E-state index is -5.04. The van der Waals surface area contributed by atoms with Crippen molar-refractivity contribution in [1.82, 2.24) is 14.1 Å². The van der Waals surface area contributed by atoms with Crippen molar-refractivity contribution in [3.8, 4) is 0 Å². The van der Waals surface area contributed by atoms with Gasteiger partial charge < -0.3 is 9.64 Å². The van der Waals surface area contributed by atoms with Crippen molar-refractivity contribution in [3.63, 3.8) is 0 Å². The van der Waals surface area contributed by atoms with Crippen LogP contribution in [-0.4, -0.2) is 87.2 Å². The molecule has 2 aliphatic rings. The number of aryl methyl sites for hydroxylation is 1. The van der Waals surface area contributed by atoms with Gasteiger partial charge >= 0.3 is 12.4 Å². The van der Waals surface area contributed by atoms with Crippen LogP contribution in [0.2, 0.25) is 0 Å². The fourth-order valence-electron chi connectivity index (χ4n) is 5.78. The van der Waals surface area contributed by atoms with E-state index in [1.54, 1.807) is 6.92 Å². The molecule has 15 heteroatoms. The number of benzene rings is 2. The molecule has 2 heterocycles. The quantitative estimate of drug-likeness (QED) is 0.380. The number of rotatable bonds is 8. The van der Waals surface area contributed by atoms with Crippen LogP contribution in [0.25, 0.3) is 0 Å². The largest absolute Gasteiger partial charge is 0.416 e. The third-order valence-electron chi connectivity index (χ3n) is 8.13. The van der Waals surface area contributed by atoms with Gasteiger partial charge in [0.1, 0.15) is 5.82 Å². The molecule has 2 saturated heterocycles. The highest BCUT2D eigenvalue weighted by atomic mass is 32.2. The third-order valence-corrected chi connectivity index (χ3v) is 9.95. The van der Waals surface area contributed by atoms with Gasteiger partial charge in [-0.25, -0.2) is 17.1 Å². The Kier molecular flexibility index (Phi) is 10.3. The number of carbonyl (C=O) groups excluding carboxylic acids is 1. The van der Waals surface area contributed by atoms with Gasteiger partial charge in [0.2, 0.25) is 15.9 Å². The van der Waals surface area contributed by atoms with Crippen molar-refractivity contribution in [3.05, 3.63) is 70.0 Å². The molecular formula is C29H34F7N3O4S. The second kappa shape index (κ2) is 13.3. The molecule has 2 aromatic rings. The van der Waals surface area contributed by atoms with Gasteiger partial charge in [0.05, 0.1) is 30.1 Å². The summed E-state index contributed by atoms with van der Waals surface area (Å²) in [5, 5.41) is 0. The lowest BCUT2D eigenvalue weighted by Crippen LogP contribution is -2.49. The number of hydrogen-bond donors (Lipinski definition) is 0. The minimum Gasteiger partial charge on any atom is -0.379 e. The number of alkyl halides is 6. The van der Waals surface area contributed by atoms with Crippen LogP contribution in [0, 0.1) is 18.7 Å². The lowest BCUT2D eigenvalue weighted by molar-refractivity contribution is -0.143. The van der Waals surface area contributed by atoms with Crippen LogP contribution < -0.4 is 0 Å². The highest BCUT2D eigenvalue weighted by Gasteiger charge is 2.41. The monoisotopic (exact) mass is 653 g/mol. The maximum absolute atomic E-state index is 14.0. The lowest BCUT2D eigenvalue weighted by atomic mass is 9.79. The molecule has 44 heavy (non-hydrogen) atoms. The van der Waals surface area contributed by atoms with Gasteiger partial charge in [-0.2, -0.15) is 26.3 Å². The van der Waals surface area contributed by atoms with Crippen LogP contribution in [0.5, 0.6) is 0 Å². The molecule has 2 aliphatic heterocycles. The highest BCUT2D eigenvalue weighted by Crippen LogP contribution is 2.39. The van der Waals surface area contributed by atoms with E-state index in [0.717, 1.165) is 4.90 Å². The lowest BCUT2D eigenvalue weighted by Gasteiger charge is -2.39. The smallest absolute Gasteiger partial charge is 0.379 e. The molecule has 0 bridgehead atoms. The number of hydrogen-bond acceptors (Lipinski definition) is 5. The number of ether oxygens (including phenoxy) is 1. The summed E-state index contributed by atoms with van der Waals surface area (Å²) >= 11 is 0. The van der Waals surface area contributed by atoms with Crippen LogP contribution in [0.1, 0.15) is 40.2 Å². The van der Waals surface area contributed by atoms with Crippen molar-refractivity contribution < 1.29 is 48.7 Å². The van der Waals surface area contributed by atoms with Crippen molar-refractivity contribution in [2.45, 2.75) is 38.2 Å². The second-order valence-corrected chi connectivity index (χ2v) is 13.3. The first-order chi connectivity index (χ1) is 20.5. The summed E-state index contributed by atoms with van der Waals surface area (Å²) in [6.07, 6.45) is -10.0. The molecule has 0 saturated carbocycles. The van der Waals surface area contributed by atoms with E-state index >= 15 is 0 Å². The zero-order chi connectivity index (χ0) is 32.4. The maximum atomic E-state index is 14.0. The molecule has 4 rings (SSSR count). The minimum absolute atomic E-state index is 0.00574. The van der Waals surface area contributed by atoms with Gasteiger partial charge in [-0.3, -0.25) is 9.69 Å². The Morgan fingerprint density at radius 2 is 1.59 bits per heavy atom. The van der Waals surface area contributed by atoms with Crippen molar-refractivity contribution in [1.29, 1.82) is 0 Å². The summed E-state index contributed by atoms with van der Waals surface area (Å²) in [6.45, 7) is 3.49. The Morgan fingerprint density at radius 1 is 0.977 bits per heavy atom. The molecule has 0 N–H and O–H groups in total. The summed E-state index contributed by atoms with van der Waals surface area (Å²) in [4.78, 5) is 16.8. The van der Waals surface area contributed by atoms with Crippen molar-refractivity contribution >= 4 is 15.9 Å². The van der Waals surface area contributed by atoms with Crippen LogP contribution in [0.4, 0.5) is 30.7 Å². The molecule has 0 aromatic heterocycles. The van der Waals surface area contributed by atoms with E-state index in [9.17, 15) is 43.9 Å². The topological polar surface area (TPSA) is 70.2 Å². The van der Waals surface area contributed by atoms with Crippen LogP contribution in [0.3, 0.4) is 0 Å². The van der Waals surface area contributed by atoms with E-state index in [4.69, 9.17) is 4.74 Å². The van der Waals surface area contributed by atoms with Gasteiger partial charge in [0.15, 0.2) is 0 Å². The molecule has 2 atom stereocenters. The highest BCUT2D eigenvalue weighted by molar-refractivity contribution is 7.89. The number of piperidine rings is 1. The average Bonchev–Trinajstić information content (AvgIpc) is 2.95. The molecule has 7 nitrogen and oxygen atoms in total. The summed E-state index contributed by atoms with van der Waals surface area (Å²) in [5.74, 6) is -2.85. The standard InChI is InChI=1S/C29H34F7N3O4S/c1-19-13-23(30)3-4-24(19)26-18-39(44(41,42)12-9-38-7-10-43-11-8-38)6-5-25(26)27(40)37(2)17-20-14-21(28(31,32)33)16-22(15-20)29(34,35)36/h3-4,13-16,25-26H,5-12,17-18H2,1-2H3/t25-,26+/m1/s1. The third kappa shape index (κ3) is 8.29. The predicted molar refractivity (Wildman–Crippen MR) is 148 cm³/mol. The molecule has 2 fully saturated rings. The number of amides is 1. The summed E-state index contributed by atoms with van der Waals surface area (Å²) < 4.78 is 128. The van der Waals surface area contributed by atoms with Crippen molar-refractivity contribution in [2.75, 3.05) is 58.7 Å². The van der Waals surface area contributed by atoms with Crippen LogP contribution >= 0.6 is 0 Å². The predicted octanol–water partition coefficient (Wildman–Crippen LogP) is 4.90. The number of sulfonamides is 1. The first-order valence-corrected chi connectivity index (χ1v) is 15.6. The fourth-order valence-corrected chi connectivity index (χ4v) is 7.30. The summed E-state index contributed by atoms with van der Waals surface area (Å²) in [6, 6.07) is 5.10. The zero-order valence-corrected chi connectivity index (χ0v) is 25.0. The van der Waals surface area contributed by atoms with Gasteiger partial charge in [-0.05, 0) is 60.4 Å². The van der Waals surface area contributed by atoms with Crippen molar-refractivity contribution in [2.24, 2.45) is 5.92 Å².